The average Bonchev–Trinajstić information content (AvgIpc) is 2.86. The van der Waals surface area contributed by atoms with Crippen LogP contribution in [0.15, 0.2) is 36.4 Å². The number of methoxy groups -OCH3 is 2. The standard InChI is InChI=1S/C29H33NO8/c1-28(2,3)38-27(34)30-12-10-29(11-13-30)17-24(33)21-15-20(23(32)16-26(21)37-29)22(31)8-6-18-14-19(35-4)7-9-25(18)36-5/h6-9,14-16,32H,10-13,17H2,1-5H3/b8-6+. The Morgan fingerprint density at radius 2 is 1.79 bits per heavy atom. The predicted molar refractivity (Wildman–Crippen MR) is 140 cm³/mol. The molecule has 1 saturated heterocycles. The molecule has 0 atom stereocenters. The highest BCUT2D eigenvalue weighted by molar-refractivity contribution is 6.11. The summed E-state index contributed by atoms with van der Waals surface area (Å²) in [4.78, 5) is 40.1. The van der Waals surface area contributed by atoms with Gasteiger partial charge in [-0.1, -0.05) is 0 Å². The van der Waals surface area contributed by atoms with E-state index in [9.17, 15) is 19.5 Å². The topological polar surface area (TPSA) is 112 Å². The van der Waals surface area contributed by atoms with Crippen molar-refractivity contribution in [3.8, 4) is 23.0 Å². The molecule has 1 fully saturated rings. The summed E-state index contributed by atoms with van der Waals surface area (Å²) in [6.45, 7) is 6.21. The van der Waals surface area contributed by atoms with E-state index >= 15 is 0 Å². The van der Waals surface area contributed by atoms with Crippen LogP contribution in [0.25, 0.3) is 6.08 Å². The zero-order valence-electron chi connectivity index (χ0n) is 22.3. The maximum atomic E-state index is 13.2. The molecule has 202 valence electrons. The first-order valence-electron chi connectivity index (χ1n) is 12.5. The monoisotopic (exact) mass is 523 g/mol. The van der Waals surface area contributed by atoms with Crippen molar-refractivity contribution in [2.45, 2.75) is 51.2 Å². The Bertz CT molecular complexity index is 1280. The summed E-state index contributed by atoms with van der Waals surface area (Å²) in [5, 5.41) is 10.7. The lowest BCUT2D eigenvalue weighted by atomic mass is 9.82. The maximum Gasteiger partial charge on any atom is 0.410 e. The van der Waals surface area contributed by atoms with E-state index in [1.807, 2.05) is 20.8 Å². The number of carbonyl (C=O) groups excluding carboxylic acids is 3. The molecular weight excluding hydrogens is 490 g/mol. The number of likely N-dealkylation sites (tertiary alicyclic amines) is 1. The van der Waals surface area contributed by atoms with Crippen molar-refractivity contribution in [2.75, 3.05) is 27.3 Å². The van der Waals surface area contributed by atoms with Crippen LogP contribution in [0.1, 0.15) is 66.3 Å². The van der Waals surface area contributed by atoms with Gasteiger partial charge in [-0.15, -0.1) is 0 Å². The molecule has 0 radical (unpaired) electrons. The normalized spacial score (nSPS) is 16.7. The van der Waals surface area contributed by atoms with E-state index in [1.165, 1.54) is 25.3 Å². The minimum absolute atomic E-state index is 0.00509. The number of hydrogen-bond acceptors (Lipinski definition) is 8. The average molecular weight is 524 g/mol. The molecule has 0 aliphatic carbocycles. The Labute approximate surface area is 221 Å². The van der Waals surface area contributed by atoms with Crippen LogP contribution in [-0.4, -0.2) is 66.2 Å². The molecule has 1 amide bonds. The number of aromatic hydroxyl groups is 1. The number of benzene rings is 2. The van der Waals surface area contributed by atoms with E-state index in [0.29, 0.717) is 43.0 Å². The Balaban J connectivity index is 1.50. The maximum absolute atomic E-state index is 13.2. The Morgan fingerprint density at radius 1 is 1.08 bits per heavy atom. The number of phenolic OH excluding ortho intramolecular Hbond substituents is 1. The van der Waals surface area contributed by atoms with Crippen LogP contribution in [0.4, 0.5) is 4.79 Å². The summed E-state index contributed by atoms with van der Waals surface area (Å²) in [6.07, 6.45) is 3.50. The highest BCUT2D eigenvalue weighted by atomic mass is 16.6. The molecule has 0 aromatic heterocycles. The fraction of sp³-hybridized carbons (Fsp3) is 0.414. The lowest BCUT2D eigenvalue weighted by Crippen LogP contribution is -2.53. The number of carbonyl (C=O) groups is 3. The number of ether oxygens (including phenoxy) is 4. The number of ketones is 2. The first-order chi connectivity index (χ1) is 17.9. The van der Waals surface area contributed by atoms with Gasteiger partial charge >= 0.3 is 6.09 Å². The first-order valence-corrected chi connectivity index (χ1v) is 12.5. The van der Waals surface area contributed by atoms with Gasteiger partial charge in [0.05, 0.1) is 31.8 Å². The number of fused-ring (bicyclic) bond motifs is 1. The molecule has 2 aromatic rings. The molecule has 2 aliphatic heterocycles. The summed E-state index contributed by atoms with van der Waals surface area (Å²) in [5.41, 5.74) is -0.502. The Hall–Kier alpha value is -4.01. The zero-order chi connectivity index (χ0) is 27.7. The minimum atomic E-state index is -0.774. The number of Topliss-reactive ketones (excluding diaryl/α,β-unsaturated/α-hetero) is 1. The first kappa shape index (κ1) is 27.0. The zero-order valence-corrected chi connectivity index (χ0v) is 22.3. The van der Waals surface area contributed by atoms with Crippen LogP contribution >= 0.6 is 0 Å². The molecular formula is C29H33NO8. The second kappa shape index (κ2) is 10.4. The number of amides is 1. The van der Waals surface area contributed by atoms with Crippen molar-refractivity contribution in [3.05, 3.63) is 53.1 Å². The van der Waals surface area contributed by atoms with Crippen molar-refractivity contribution in [1.29, 1.82) is 0 Å². The molecule has 2 aliphatic rings. The number of piperidine rings is 1. The third-order valence-corrected chi connectivity index (χ3v) is 6.65. The van der Waals surface area contributed by atoms with Crippen molar-refractivity contribution in [2.24, 2.45) is 0 Å². The lowest BCUT2D eigenvalue weighted by Gasteiger charge is -2.44. The summed E-state index contributed by atoms with van der Waals surface area (Å²) in [5.74, 6) is 0.448. The van der Waals surface area contributed by atoms with Crippen LogP contribution in [-0.2, 0) is 4.74 Å². The summed E-state index contributed by atoms with van der Waals surface area (Å²) in [7, 11) is 3.06. The fourth-order valence-corrected chi connectivity index (χ4v) is 4.65. The quantitative estimate of drug-likeness (QED) is 0.429. The van der Waals surface area contributed by atoms with Gasteiger partial charge in [-0.2, -0.15) is 0 Å². The Kier molecular flexibility index (Phi) is 7.40. The van der Waals surface area contributed by atoms with E-state index in [0.717, 1.165) is 0 Å². The lowest BCUT2D eigenvalue weighted by molar-refractivity contribution is -0.0226. The van der Waals surface area contributed by atoms with Gasteiger partial charge in [-0.05, 0) is 57.2 Å². The number of allylic oxidation sites excluding steroid dienone is 1. The van der Waals surface area contributed by atoms with Crippen LogP contribution in [0.5, 0.6) is 23.0 Å². The molecule has 0 saturated carbocycles. The van der Waals surface area contributed by atoms with Gasteiger partial charge < -0.3 is 29.0 Å². The van der Waals surface area contributed by atoms with E-state index in [2.05, 4.69) is 0 Å². The SMILES string of the molecule is COc1ccc(OC)c(/C=C/C(=O)c2cc3c(cc2O)OC2(CCN(C(=O)OC(C)(C)C)CC2)CC3=O)c1. The van der Waals surface area contributed by atoms with Crippen molar-refractivity contribution in [1.82, 2.24) is 4.90 Å². The number of phenols is 1. The molecule has 1 N–H and O–H groups in total. The van der Waals surface area contributed by atoms with Crippen LogP contribution < -0.4 is 14.2 Å². The largest absolute Gasteiger partial charge is 0.507 e. The fourth-order valence-electron chi connectivity index (χ4n) is 4.65. The number of hydrogen-bond donors (Lipinski definition) is 1. The summed E-state index contributed by atoms with van der Waals surface area (Å²) >= 11 is 0. The van der Waals surface area contributed by atoms with Gasteiger partial charge in [0.1, 0.15) is 34.2 Å². The smallest absolute Gasteiger partial charge is 0.410 e. The second-order valence-corrected chi connectivity index (χ2v) is 10.5. The molecule has 9 heteroatoms. The third-order valence-electron chi connectivity index (χ3n) is 6.65. The van der Waals surface area contributed by atoms with Gasteiger partial charge in [0, 0.05) is 37.6 Å². The molecule has 38 heavy (non-hydrogen) atoms. The molecule has 0 unspecified atom stereocenters. The van der Waals surface area contributed by atoms with E-state index < -0.39 is 23.1 Å². The molecule has 2 heterocycles. The van der Waals surface area contributed by atoms with Gasteiger partial charge in [0.15, 0.2) is 11.6 Å². The molecule has 9 nitrogen and oxygen atoms in total. The molecule has 2 aromatic carbocycles. The van der Waals surface area contributed by atoms with Crippen LogP contribution in [0.2, 0.25) is 0 Å². The summed E-state index contributed by atoms with van der Waals surface area (Å²) < 4.78 is 22.3. The van der Waals surface area contributed by atoms with E-state index in [4.69, 9.17) is 18.9 Å². The van der Waals surface area contributed by atoms with Gasteiger partial charge in [0.2, 0.25) is 0 Å². The predicted octanol–water partition coefficient (Wildman–Crippen LogP) is 5.04. The van der Waals surface area contributed by atoms with E-state index in [1.54, 1.807) is 36.3 Å². The van der Waals surface area contributed by atoms with Gasteiger partial charge in [-0.25, -0.2) is 4.79 Å². The molecule has 0 bridgehead atoms. The van der Waals surface area contributed by atoms with Crippen molar-refractivity contribution in [3.63, 3.8) is 0 Å². The Morgan fingerprint density at radius 3 is 2.42 bits per heavy atom. The van der Waals surface area contributed by atoms with Crippen LogP contribution in [0, 0.1) is 0 Å². The van der Waals surface area contributed by atoms with Crippen molar-refractivity contribution < 1.29 is 38.4 Å². The van der Waals surface area contributed by atoms with Crippen LogP contribution in [0.3, 0.4) is 0 Å². The number of nitrogens with zero attached hydrogens (tertiary/aromatic N) is 1. The highest BCUT2D eigenvalue weighted by Gasteiger charge is 2.44. The minimum Gasteiger partial charge on any atom is -0.507 e. The van der Waals surface area contributed by atoms with Crippen molar-refractivity contribution >= 4 is 23.7 Å². The third kappa shape index (κ3) is 5.77. The second-order valence-electron chi connectivity index (χ2n) is 10.5. The van der Waals surface area contributed by atoms with Gasteiger partial charge in [-0.3, -0.25) is 9.59 Å². The summed E-state index contributed by atoms with van der Waals surface area (Å²) in [6, 6.07) is 7.89. The van der Waals surface area contributed by atoms with Gasteiger partial charge in [0.25, 0.3) is 0 Å². The highest BCUT2D eigenvalue weighted by Crippen LogP contribution is 2.42. The molecule has 1 spiro atoms. The number of rotatable bonds is 5. The molecule has 4 rings (SSSR count). The van der Waals surface area contributed by atoms with E-state index in [-0.39, 0.29) is 34.8 Å².